The summed E-state index contributed by atoms with van der Waals surface area (Å²) >= 11 is 0. The largest absolute Gasteiger partial charge is 0.308 e. The number of aromatic nitrogens is 7. The van der Waals surface area contributed by atoms with Gasteiger partial charge in [0.05, 0.1) is 16.7 Å². The number of hydrogen-bond donors (Lipinski definition) is 0. The van der Waals surface area contributed by atoms with Crippen LogP contribution in [-0.4, -0.2) is 34.5 Å². The van der Waals surface area contributed by atoms with Gasteiger partial charge in [0, 0.05) is 44.2 Å². The first-order valence-corrected chi connectivity index (χ1v) is 22.3. The van der Waals surface area contributed by atoms with Crippen molar-refractivity contribution in [3.8, 4) is 96.3 Å². The minimum atomic E-state index is 0.539. The van der Waals surface area contributed by atoms with E-state index in [1.165, 1.54) is 0 Å². The van der Waals surface area contributed by atoms with Gasteiger partial charge in [0.1, 0.15) is 0 Å². The molecule has 0 unspecified atom stereocenters. The highest BCUT2D eigenvalue weighted by Crippen LogP contribution is 2.41. The Bertz CT molecular complexity index is 3500. The normalized spacial score (nSPS) is 11.3. The molecule has 0 bridgehead atoms. The molecule has 0 aliphatic rings. The molecule has 0 saturated carbocycles. The van der Waals surface area contributed by atoms with Crippen molar-refractivity contribution in [2.45, 2.75) is 0 Å². The first-order valence-electron chi connectivity index (χ1n) is 22.3. The quantitative estimate of drug-likeness (QED) is 0.144. The van der Waals surface area contributed by atoms with E-state index in [1.54, 1.807) is 0 Å². The van der Waals surface area contributed by atoms with E-state index in [0.717, 1.165) is 83.1 Å². The van der Waals surface area contributed by atoms with Crippen molar-refractivity contribution in [1.82, 2.24) is 34.5 Å². The maximum atomic E-state index is 5.27. The molecule has 3 aromatic heterocycles. The van der Waals surface area contributed by atoms with Gasteiger partial charge in [-0.25, -0.2) is 29.9 Å². The van der Waals surface area contributed by atoms with E-state index >= 15 is 0 Å². The molecule has 0 radical (unpaired) electrons. The average molecular weight is 858 g/mol. The van der Waals surface area contributed by atoms with Gasteiger partial charge in [-0.15, -0.1) is 0 Å². The maximum absolute atomic E-state index is 5.27. The molecule has 0 saturated heterocycles. The van der Waals surface area contributed by atoms with Crippen molar-refractivity contribution in [3.05, 3.63) is 237 Å². The molecule has 0 aliphatic carbocycles. The fraction of sp³-hybridized carbons (Fsp3) is 0. The summed E-state index contributed by atoms with van der Waals surface area (Å²) in [7, 11) is 0. The Kier molecular flexibility index (Phi) is 10.0. The molecule has 7 nitrogen and oxygen atoms in total. The second kappa shape index (κ2) is 17.1. The number of nitrogens with zero attached hydrogens (tertiary/aromatic N) is 7. The van der Waals surface area contributed by atoms with Crippen molar-refractivity contribution >= 4 is 21.8 Å². The van der Waals surface area contributed by atoms with Crippen molar-refractivity contribution in [1.29, 1.82) is 0 Å². The van der Waals surface area contributed by atoms with Crippen LogP contribution in [-0.2, 0) is 0 Å². The molecule has 0 fully saturated rings. The van der Waals surface area contributed by atoms with Crippen LogP contribution in [0.1, 0.15) is 0 Å². The number of fused-ring (bicyclic) bond motifs is 3. The molecule has 0 N–H and O–H groups in total. The van der Waals surface area contributed by atoms with Crippen LogP contribution in [0.4, 0.5) is 0 Å². The minimum absolute atomic E-state index is 0.539. The summed E-state index contributed by atoms with van der Waals surface area (Å²) in [4.78, 5) is 31.0. The zero-order chi connectivity index (χ0) is 44.5. The third kappa shape index (κ3) is 7.60. The first-order chi connectivity index (χ1) is 33.2. The molecule has 0 aliphatic heterocycles. The fourth-order valence-electron chi connectivity index (χ4n) is 8.81. The Labute approximate surface area is 387 Å². The van der Waals surface area contributed by atoms with Crippen LogP contribution in [0.2, 0.25) is 0 Å². The summed E-state index contributed by atoms with van der Waals surface area (Å²) in [5, 5.41) is 2.24. The third-order valence-electron chi connectivity index (χ3n) is 12.1. The molecule has 3 heterocycles. The lowest BCUT2D eigenvalue weighted by molar-refractivity contribution is 1.06. The molecule has 0 atom stereocenters. The average Bonchev–Trinajstić information content (AvgIpc) is 3.75. The highest BCUT2D eigenvalue weighted by atomic mass is 15.1. The zero-order valence-corrected chi connectivity index (χ0v) is 36.1. The Morgan fingerprint density at radius 1 is 0.224 bits per heavy atom. The van der Waals surface area contributed by atoms with Crippen molar-refractivity contribution in [2.24, 2.45) is 0 Å². The highest BCUT2D eigenvalue weighted by Gasteiger charge is 2.23. The lowest BCUT2D eigenvalue weighted by atomic mass is 10.0. The third-order valence-corrected chi connectivity index (χ3v) is 12.1. The molecule has 0 amide bonds. The smallest absolute Gasteiger partial charge is 0.166 e. The monoisotopic (exact) mass is 857 g/mol. The SMILES string of the molecule is c1ccc(-c2ccc3c(c2)c2cc(-c4ccccc4)ccc2n3-c2cc(-c3nc(-c4ccccc4)nc(-c4ccccc4)n3)ccc2-c2nc(-c3ccccc3)nc(-c3ccccc3)n2)cc1. The molecule has 0 spiro atoms. The van der Waals surface area contributed by atoms with Gasteiger partial charge in [0.15, 0.2) is 34.9 Å². The Hall–Kier alpha value is -9.20. The van der Waals surface area contributed by atoms with Crippen LogP contribution in [0, 0.1) is 0 Å². The lowest BCUT2D eigenvalue weighted by Crippen LogP contribution is -2.05. The topological polar surface area (TPSA) is 82.3 Å². The van der Waals surface area contributed by atoms with Crippen LogP contribution >= 0.6 is 0 Å². The van der Waals surface area contributed by atoms with Gasteiger partial charge >= 0.3 is 0 Å². The van der Waals surface area contributed by atoms with Crippen LogP contribution in [0.25, 0.3) is 118 Å². The van der Waals surface area contributed by atoms with Crippen molar-refractivity contribution in [3.63, 3.8) is 0 Å². The summed E-state index contributed by atoms with van der Waals surface area (Å²) in [5.41, 5.74) is 12.7. The Morgan fingerprint density at radius 2 is 0.522 bits per heavy atom. The molecule has 12 rings (SSSR count). The van der Waals surface area contributed by atoms with E-state index in [2.05, 4.69) is 120 Å². The number of hydrogen-bond acceptors (Lipinski definition) is 6. The van der Waals surface area contributed by atoms with E-state index in [9.17, 15) is 0 Å². The summed E-state index contributed by atoms with van der Waals surface area (Å²) in [5.74, 6) is 3.43. The Morgan fingerprint density at radius 3 is 0.881 bits per heavy atom. The van der Waals surface area contributed by atoms with E-state index in [1.807, 2.05) is 121 Å². The molecule has 12 aromatic rings. The van der Waals surface area contributed by atoms with Crippen LogP contribution in [0.15, 0.2) is 237 Å². The Balaban J connectivity index is 1.16. The number of rotatable bonds is 9. The second-order valence-corrected chi connectivity index (χ2v) is 16.3. The summed E-state index contributed by atoms with van der Waals surface area (Å²) in [6, 6.07) is 81.3. The fourth-order valence-corrected chi connectivity index (χ4v) is 8.81. The van der Waals surface area contributed by atoms with E-state index in [0.29, 0.717) is 34.9 Å². The van der Waals surface area contributed by atoms with Crippen LogP contribution in [0.5, 0.6) is 0 Å². The van der Waals surface area contributed by atoms with E-state index in [-0.39, 0.29) is 0 Å². The van der Waals surface area contributed by atoms with Gasteiger partial charge in [-0.3, -0.25) is 0 Å². The lowest BCUT2D eigenvalue weighted by Gasteiger charge is -2.17. The predicted octanol–water partition coefficient (Wildman–Crippen LogP) is 14.5. The van der Waals surface area contributed by atoms with Crippen molar-refractivity contribution < 1.29 is 0 Å². The van der Waals surface area contributed by atoms with Gasteiger partial charge in [0.25, 0.3) is 0 Å². The molecular formula is C60H39N7. The second-order valence-electron chi connectivity index (χ2n) is 16.3. The van der Waals surface area contributed by atoms with Crippen molar-refractivity contribution in [2.75, 3.05) is 0 Å². The molecule has 7 heteroatoms. The predicted molar refractivity (Wildman–Crippen MR) is 271 cm³/mol. The molecule has 314 valence electrons. The van der Waals surface area contributed by atoms with Gasteiger partial charge in [-0.1, -0.05) is 200 Å². The first kappa shape index (κ1) is 39.4. The highest BCUT2D eigenvalue weighted by molar-refractivity contribution is 6.12. The minimum Gasteiger partial charge on any atom is -0.308 e. The maximum Gasteiger partial charge on any atom is 0.166 e. The molecule has 67 heavy (non-hydrogen) atoms. The van der Waals surface area contributed by atoms with E-state index < -0.39 is 0 Å². The van der Waals surface area contributed by atoms with Gasteiger partial charge in [-0.2, -0.15) is 0 Å². The van der Waals surface area contributed by atoms with Gasteiger partial charge in [0.2, 0.25) is 0 Å². The summed E-state index contributed by atoms with van der Waals surface area (Å²) < 4.78 is 2.35. The van der Waals surface area contributed by atoms with Gasteiger partial charge in [-0.05, 0) is 58.7 Å². The van der Waals surface area contributed by atoms with Crippen LogP contribution < -0.4 is 0 Å². The van der Waals surface area contributed by atoms with E-state index in [4.69, 9.17) is 29.9 Å². The summed E-state index contributed by atoms with van der Waals surface area (Å²) in [6.45, 7) is 0. The number of benzene rings is 9. The summed E-state index contributed by atoms with van der Waals surface area (Å²) in [6.07, 6.45) is 0. The molecule has 9 aromatic carbocycles. The van der Waals surface area contributed by atoms with Gasteiger partial charge < -0.3 is 4.57 Å². The zero-order valence-electron chi connectivity index (χ0n) is 36.1. The van der Waals surface area contributed by atoms with Crippen LogP contribution in [0.3, 0.4) is 0 Å². The molecular weight excluding hydrogens is 819 g/mol. The standard InChI is InChI=1S/C60H39N7/c1-7-19-40(20-8-1)46-32-35-52-50(37-46)51-38-47(41-21-9-2-10-22-41)33-36-53(51)67(52)54-39-48(59-63-55(42-23-11-3-12-24-42)61-56(64-59)43-25-13-4-14-26-43)31-34-49(54)60-65-57(44-27-15-5-16-28-44)62-58(66-60)45-29-17-6-18-30-45/h1-39H.